The van der Waals surface area contributed by atoms with Crippen LogP contribution in [-0.4, -0.2) is 50.0 Å². The third-order valence-corrected chi connectivity index (χ3v) is 10.1. The average Bonchev–Trinajstić information content (AvgIpc) is 3.02. The van der Waals surface area contributed by atoms with Gasteiger partial charge in [0, 0.05) is 32.0 Å². The Hall–Kier alpha value is -3.28. The van der Waals surface area contributed by atoms with E-state index in [0.29, 0.717) is 10.6 Å². The molecule has 13 heteroatoms. The summed E-state index contributed by atoms with van der Waals surface area (Å²) >= 11 is 12.4. The Labute approximate surface area is 284 Å². The molecule has 2 amide bonds. The van der Waals surface area contributed by atoms with Crippen molar-refractivity contribution in [2.45, 2.75) is 76.2 Å². The molecule has 3 aromatic carbocycles. The standard InChI is InChI=1S/C34H38Cl2F3N3O4S/c1-47(45,46)42(28-15-8-12-26(22-28)34(37,38)39)19-9-16-32(43)41(23-25-17-18-29(35)30(36)20-25)31(21-24-10-4-2-5-11-24)33(44)40-27-13-6-3-7-14-27/h2,4-5,8,10-12,15,17-18,20,22,27,31H,3,6-7,9,13-14,16,19,21,23H2,1H3,(H,40,44)/t31-/m1/s1. The van der Waals surface area contributed by atoms with Crippen LogP contribution in [0.4, 0.5) is 18.9 Å². The van der Waals surface area contributed by atoms with E-state index in [1.165, 1.54) is 11.0 Å². The lowest BCUT2D eigenvalue weighted by atomic mass is 9.94. The number of nitrogens with one attached hydrogen (secondary N) is 1. The number of amides is 2. The molecule has 0 radical (unpaired) electrons. The highest BCUT2D eigenvalue weighted by Gasteiger charge is 2.33. The van der Waals surface area contributed by atoms with Crippen molar-refractivity contribution in [1.29, 1.82) is 0 Å². The first-order chi connectivity index (χ1) is 22.2. The smallest absolute Gasteiger partial charge is 0.352 e. The topological polar surface area (TPSA) is 86.8 Å². The van der Waals surface area contributed by atoms with Crippen LogP contribution >= 0.6 is 23.2 Å². The second kappa shape index (κ2) is 16.2. The van der Waals surface area contributed by atoms with Gasteiger partial charge in [-0.1, -0.05) is 84.9 Å². The van der Waals surface area contributed by atoms with Crippen molar-refractivity contribution in [1.82, 2.24) is 10.2 Å². The van der Waals surface area contributed by atoms with Crippen LogP contribution in [-0.2, 0) is 38.8 Å². The number of carbonyl (C=O) groups excluding carboxylic acids is 2. The van der Waals surface area contributed by atoms with Gasteiger partial charge in [0.05, 0.1) is 27.6 Å². The summed E-state index contributed by atoms with van der Waals surface area (Å²) in [4.78, 5) is 29.5. The highest BCUT2D eigenvalue weighted by atomic mass is 35.5. The lowest BCUT2D eigenvalue weighted by Gasteiger charge is -2.34. The Bertz CT molecular complexity index is 1640. The van der Waals surface area contributed by atoms with Gasteiger partial charge in [-0.2, -0.15) is 13.2 Å². The molecule has 0 saturated heterocycles. The van der Waals surface area contributed by atoms with Gasteiger partial charge in [-0.3, -0.25) is 13.9 Å². The quantitative estimate of drug-likeness (QED) is 0.197. The van der Waals surface area contributed by atoms with Crippen molar-refractivity contribution in [2.75, 3.05) is 17.1 Å². The zero-order chi connectivity index (χ0) is 34.2. The number of benzene rings is 3. The van der Waals surface area contributed by atoms with Crippen molar-refractivity contribution in [2.24, 2.45) is 0 Å². The van der Waals surface area contributed by atoms with Gasteiger partial charge < -0.3 is 10.2 Å². The number of hydrogen-bond donors (Lipinski definition) is 1. The second-order valence-corrected chi connectivity index (χ2v) is 14.5. The third kappa shape index (κ3) is 10.6. The molecular weight excluding hydrogens is 674 g/mol. The fourth-order valence-electron chi connectivity index (χ4n) is 5.77. The first-order valence-corrected chi connectivity index (χ1v) is 18.1. The van der Waals surface area contributed by atoms with Gasteiger partial charge >= 0.3 is 6.18 Å². The summed E-state index contributed by atoms with van der Waals surface area (Å²) in [7, 11) is -3.99. The molecule has 1 saturated carbocycles. The maximum Gasteiger partial charge on any atom is 0.416 e. The fraction of sp³-hybridized carbons (Fsp3) is 0.412. The Kier molecular flexibility index (Phi) is 12.6. The van der Waals surface area contributed by atoms with E-state index in [0.717, 1.165) is 66.4 Å². The number of carbonyl (C=O) groups is 2. The minimum Gasteiger partial charge on any atom is -0.352 e. The normalized spacial score (nSPS) is 14.8. The summed E-state index contributed by atoms with van der Waals surface area (Å²) in [6.07, 6.45) is 1.09. The minimum atomic E-state index is -4.66. The molecule has 1 N–H and O–H groups in total. The molecule has 1 atom stereocenters. The SMILES string of the molecule is CS(=O)(=O)N(CCCC(=O)N(Cc1ccc(Cl)c(Cl)c1)[C@H](Cc1ccccc1)C(=O)NC1CCCCC1)c1cccc(C(F)(F)F)c1. The number of rotatable bonds is 13. The highest BCUT2D eigenvalue weighted by Crippen LogP contribution is 2.32. The molecule has 0 spiro atoms. The van der Waals surface area contributed by atoms with Gasteiger partial charge in [0.15, 0.2) is 0 Å². The van der Waals surface area contributed by atoms with Crippen LogP contribution in [0.2, 0.25) is 10.0 Å². The van der Waals surface area contributed by atoms with E-state index in [2.05, 4.69) is 5.32 Å². The first-order valence-electron chi connectivity index (χ1n) is 15.4. The zero-order valence-corrected chi connectivity index (χ0v) is 28.3. The molecule has 0 bridgehead atoms. The zero-order valence-electron chi connectivity index (χ0n) is 26.0. The lowest BCUT2D eigenvalue weighted by molar-refractivity contribution is -0.141. The molecule has 0 aliphatic heterocycles. The maximum atomic E-state index is 14.1. The lowest BCUT2D eigenvalue weighted by Crippen LogP contribution is -2.52. The van der Waals surface area contributed by atoms with Crippen molar-refractivity contribution in [3.8, 4) is 0 Å². The monoisotopic (exact) mass is 711 g/mol. The Morgan fingerprint density at radius 2 is 1.62 bits per heavy atom. The molecule has 47 heavy (non-hydrogen) atoms. The van der Waals surface area contributed by atoms with E-state index in [1.54, 1.807) is 18.2 Å². The molecule has 4 rings (SSSR count). The van der Waals surface area contributed by atoms with Crippen molar-refractivity contribution >= 4 is 50.7 Å². The van der Waals surface area contributed by atoms with Crippen LogP contribution in [0.15, 0.2) is 72.8 Å². The number of alkyl halides is 3. The predicted octanol–water partition coefficient (Wildman–Crippen LogP) is 7.65. The summed E-state index contributed by atoms with van der Waals surface area (Å²) in [5.74, 6) is -0.718. The van der Waals surface area contributed by atoms with E-state index in [1.807, 2.05) is 30.3 Å². The number of hydrogen-bond acceptors (Lipinski definition) is 4. The second-order valence-electron chi connectivity index (χ2n) is 11.8. The number of halogens is 5. The van der Waals surface area contributed by atoms with Crippen molar-refractivity contribution in [3.63, 3.8) is 0 Å². The largest absolute Gasteiger partial charge is 0.416 e. The van der Waals surface area contributed by atoms with Crippen LogP contribution in [0, 0.1) is 0 Å². The van der Waals surface area contributed by atoms with Crippen molar-refractivity contribution in [3.05, 3.63) is 99.5 Å². The van der Waals surface area contributed by atoms with E-state index in [-0.39, 0.29) is 55.0 Å². The molecule has 7 nitrogen and oxygen atoms in total. The van der Waals surface area contributed by atoms with Gasteiger partial charge in [0.25, 0.3) is 0 Å². The first kappa shape index (κ1) is 36.6. The van der Waals surface area contributed by atoms with Gasteiger partial charge in [-0.15, -0.1) is 0 Å². The van der Waals surface area contributed by atoms with E-state index in [4.69, 9.17) is 23.2 Å². The summed E-state index contributed by atoms with van der Waals surface area (Å²) in [5, 5.41) is 3.77. The molecule has 0 heterocycles. The Morgan fingerprint density at radius 3 is 2.26 bits per heavy atom. The van der Waals surface area contributed by atoms with Gasteiger partial charge in [0.2, 0.25) is 21.8 Å². The van der Waals surface area contributed by atoms with E-state index >= 15 is 0 Å². The fourth-order valence-corrected chi connectivity index (χ4v) is 7.05. The van der Waals surface area contributed by atoms with E-state index < -0.39 is 33.7 Å². The van der Waals surface area contributed by atoms with Crippen molar-refractivity contribution < 1.29 is 31.2 Å². The van der Waals surface area contributed by atoms with Gasteiger partial charge in [0.1, 0.15) is 6.04 Å². The Morgan fingerprint density at radius 1 is 0.915 bits per heavy atom. The average molecular weight is 713 g/mol. The predicted molar refractivity (Wildman–Crippen MR) is 179 cm³/mol. The molecular formula is C34H38Cl2F3N3O4S. The van der Waals surface area contributed by atoms with Crippen LogP contribution in [0.5, 0.6) is 0 Å². The van der Waals surface area contributed by atoms with Crippen LogP contribution in [0.1, 0.15) is 61.6 Å². The number of anilines is 1. The summed E-state index contributed by atoms with van der Waals surface area (Å²) in [6.45, 7) is -0.223. The summed E-state index contributed by atoms with van der Waals surface area (Å²) in [6, 6.07) is 17.4. The number of sulfonamides is 1. The molecule has 1 aliphatic carbocycles. The summed E-state index contributed by atoms with van der Waals surface area (Å²) in [5.41, 5.74) is 0.338. The summed E-state index contributed by atoms with van der Waals surface area (Å²) < 4.78 is 66.3. The van der Waals surface area contributed by atoms with Crippen LogP contribution < -0.4 is 9.62 Å². The highest BCUT2D eigenvalue weighted by molar-refractivity contribution is 7.92. The molecule has 254 valence electrons. The molecule has 1 aliphatic rings. The third-order valence-electron chi connectivity index (χ3n) is 8.17. The number of nitrogens with zero attached hydrogens (tertiary/aromatic N) is 2. The molecule has 1 fully saturated rings. The Balaban J connectivity index is 1.61. The van der Waals surface area contributed by atoms with Gasteiger partial charge in [-0.05, 0) is 60.7 Å². The molecule has 0 unspecified atom stereocenters. The van der Waals surface area contributed by atoms with Gasteiger partial charge in [-0.25, -0.2) is 8.42 Å². The minimum absolute atomic E-state index is 0.00719. The molecule has 0 aromatic heterocycles. The molecule has 3 aromatic rings. The van der Waals surface area contributed by atoms with Crippen LogP contribution in [0.25, 0.3) is 0 Å². The maximum absolute atomic E-state index is 14.1. The van der Waals surface area contributed by atoms with E-state index in [9.17, 15) is 31.2 Å². The van der Waals surface area contributed by atoms with Crippen LogP contribution in [0.3, 0.4) is 0 Å².